The highest BCUT2D eigenvalue weighted by atomic mass is 16.6. The minimum Gasteiger partial charge on any atom is -0.506 e. The van der Waals surface area contributed by atoms with Crippen LogP contribution in [0.15, 0.2) is 39.5 Å². The lowest BCUT2D eigenvalue weighted by atomic mass is 9.89. The summed E-state index contributed by atoms with van der Waals surface area (Å²) >= 11 is 0. The maximum absolute atomic E-state index is 13.1. The first-order valence-electron chi connectivity index (χ1n) is 11.6. The van der Waals surface area contributed by atoms with E-state index in [0.29, 0.717) is 0 Å². The quantitative estimate of drug-likeness (QED) is 0.218. The topological polar surface area (TPSA) is 202 Å². The van der Waals surface area contributed by atoms with E-state index in [0.717, 1.165) is 19.9 Å². The first kappa shape index (κ1) is 27.7. The fourth-order valence-corrected chi connectivity index (χ4v) is 4.40. The molecule has 0 unspecified atom stereocenters. The summed E-state index contributed by atoms with van der Waals surface area (Å²) in [5.74, 6) is -3.09. The Bertz CT molecular complexity index is 1480. The van der Waals surface area contributed by atoms with Gasteiger partial charge in [-0.2, -0.15) is 0 Å². The van der Waals surface area contributed by atoms with Gasteiger partial charge in [-0.3, -0.25) is 14.4 Å². The molecule has 0 bridgehead atoms. The van der Waals surface area contributed by atoms with E-state index < -0.39 is 66.0 Å². The molecule has 0 aliphatic carbocycles. The average molecular weight is 546 g/mol. The standard InChI is InChI=1S/C26H26O13/c1-10(27)36-9-19-22(32)26(37-11(2)28)24(34)25(39-19)21-17(35-3)8-18-20(23(21)33)15(31)7-16(38-18)12-4-5-13(29)14(30)6-12/h4-8,19,22,24-26,29-30,32-34H,9H2,1-3H3/t19-,22-,24+,25+,26+/m1/s1. The number of ether oxygens (including phenoxy) is 4. The highest BCUT2D eigenvalue weighted by Crippen LogP contribution is 2.45. The Morgan fingerprint density at radius 3 is 2.31 bits per heavy atom. The van der Waals surface area contributed by atoms with Crippen molar-refractivity contribution in [1.29, 1.82) is 0 Å². The van der Waals surface area contributed by atoms with Crippen LogP contribution in [-0.4, -0.2) is 75.6 Å². The molecule has 13 heteroatoms. The van der Waals surface area contributed by atoms with Gasteiger partial charge in [-0.25, -0.2) is 0 Å². The second-order valence-electron chi connectivity index (χ2n) is 8.85. The number of hydrogen-bond acceptors (Lipinski definition) is 13. The van der Waals surface area contributed by atoms with Crippen LogP contribution in [0.3, 0.4) is 0 Å². The minimum atomic E-state index is -1.75. The Labute approximate surface area is 220 Å². The first-order chi connectivity index (χ1) is 18.4. The minimum absolute atomic E-state index is 0.00504. The molecule has 1 aliphatic heterocycles. The van der Waals surface area contributed by atoms with Gasteiger partial charge in [0, 0.05) is 31.5 Å². The molecule has 0 amide bonds. The van der Waals surface area contributed by atoms with Crippen molar-refractivity contribution >= 4 is 22.9 Å². The Balaban J connectivity index is 1.85. The van der Waals surface area contributed by atoms with Gasteiger partial charge in [0.2, 0.25) is 0 Å². The largest absolute Gasteiger partial charge is 0.506 e. The molecule has 0 spiro atoms. The Kier molecular flexibility index (Phi) is 7.67. The molecule has 0 saturated carbocycles. The van der Waals surface area contributed by atoms with Gasteiger partial charge in [0.25, 0.3) is 0 Å². The molecule has 3 aromatic rings. The summed E-state index contributed by atoms with van der Waals surface area (Å²) in [7, 11) is 1.24. The number of phenols is 3. The fraction of sp³-hybridized carbons (Fsp3) is 0.346. The van der Waals surface area contributed by atoms with Gasteiger partial charge in [0.05, 0.1) is 12.7 Å². The number of aliphatic hydroxyl groups is 2. The molecular formula is C26H26O13. The fourth-order valence-electron chi connectivity index (χ4n) is 4.40. The number of esters is 2. The molecule has 0 radical (unpaired) electrons. The summed E-state index contributed by atoms with van der Waals surface area (Å²) in [6, 6.07) is 6.11. The third-order valence-corrected chi connectivity index (χ3v) is 6.20. The lowest BCUT2D eigenvalue weighted by Crippen LogP contribution is -2.57. The molecule has 5 N–H and O–H groups in total. The Morgan fingerprint density at radius 2 is 1.69 bits per heavy atom. The SMILES string of the molecule is COc1cc2oc(-c3ccc(O)c(O)c3)cc(=O)c2c(O)c1[C@@H]1O[C@H](COC(C)=O)[C@@H](O)[C@H](OC(C)=O)[C@H]1O. The van der Waals surface area contributed by atoms with Crippen molar-refractivity contribution in [3.63, 3.8) is 0 Å². The molecule has 2 heterocycles. The molecule has 13 nitrogen and oxygen atoms in total. The van der Waals surface area contributed by atoms with E-state index in [1.165, 1.54) is 31.4 Å². The lowest BCUT2D eigenvalue weighted by Gasteiger charge is -2.42. The lowest BCUT2D eigenvalue weighted by molar-refractivity contribution is -0.242. The highest BCUT2D eigenvalue weighted by molar-refractivity contribution is 5.88. The van der Waals surface area contributed by atoms with E-state index in [2.05, 4.69) is 0 Å². The van der Waals surface area contributed by atoms with E-state index in [1.807, 2.05) is 0 Å². The summed E-state index contributed by atoms with van der Waals surface area (Å²) in [6.45, 7) is 1.73. The molecular weight excluding hydrogens is 520 g/mol. The maximum Gasteiger partial charge on any atom is 0.303 e. The summed E-state index contributed by atoms with van der Waals surface area (Å²) in [5, 5.41) is 52.0. The molecule has 4 rings (SSSR count). The summed E-state index contributed by atoms with van der Waals surface area (Å²) < 4.78 is 27.0. The van der Waals surface area contributed by atoms with Gasteiger partial charge in [0.1, 0.15) is 59.3 Å². The number of fused-ring (bicyclic) bond motifs is 1. The van der Waals surface area contributed by atoms with Gasteiger partial charge < -0.3 is 48.9 Å². The zero-order chi connectivity index (χ0) is 28.6. The smallest absolute Gasteiger partial charge is 0.303 e. The van der Waals surface area contributed by atoms with Gasteiger partial charge in [-0.1, -0.05) is 0 Å². The summed E-state index contributed by atoms with van der Waals surface area (Å²) in [6.07, 6.45) is -7.73. The number of phenolic OH excluding ortho intramolecular Hbond substituents is 3. The van der Waals surface area contributed by atoms with Crippen LogP contribution in [0.5, 0.6) is 23.0 Å². The third-order valence-electron chi connectivity index (χ3n) is 6.20. The number of methoxy groups -OCH3 is 1. The van der Waals surface area contributed by atoms with E-state index in [1.54, 1.807) is 0 Å². The monoisotopic (exact) mass is 546 g/mol. The van der Waals surface area contributed by atoms with E-state index in [-0.39, 0.29) is 39.4 Å². The molecule has 1 fully saturated rings. The second kappa shape index (κ2) is 10.8. The van der Waals surface area contributed by atoms with Crippen LogP contribution in [0.2, 0.25) is 0 Å². The summed E-state index contributed by atoms with van der Waals surface area (Å²) in [5.41, 5.74) is -0.791. The van der Waals surface area contributed by atoms with Crippen LogP contribution in [-0.2, 0) is 23.8 Å². The molecule has 5 atom stereocenters. The molecule has 208 valence electrons. The van der Waals surface area contributed by atoms with Crippen molar-refractivity contribution in [2.24, 2.45) is 0 Å². The predicted molar refractivity (Wildman–Crippen MR) is 131 cm³/mol. The predicted octanol–water partition coefficient (Wildman–Crippen LogP) is 1.24. The van der Waals surface area contributed by atoms with Crippen LogP contribution < -0.4 is 10.2 Å². The van der Waals surface area contributed by atoms with Gasteiger partial charge >= 0.3 is 11.9 Å². The molecule has 1 saturated heterocycles. The van der Waals surface area contributed by atoms with Crippen molar-refractivity contribution in [1.82, 2.24) is 0 Å². The van der Waals surface area contributed by atoms with Crippen molar-refractivity contribution in [2.75, 3.05) is 13.7 Å². The molecule has 1 aromatic heterocycles. The van der Waals surface area contributed by atoms with E-state index >= 15 is 0 Å². The zero-order valence-corrected chi connectivity index (χ0v) is 21.0. The van der Waals surface area contributed by atoms with Crippen molar-refractivity contribution in [2.45, 2.75) is 44.4 Å². The number of aromatic hydroxyl groups is 3. The van der Waals surface area contributed by atoms with Crippen molar-refractivity contribution in [3.05, 3.63) is 46.1 Å². The van der Waals surface area contributed by atoms with Crippen LogP contribution >= 0.6 is 0 Å². The first-order valence-corrected chi connectivity index (χ1v) is 11.6. The number of benzene rings is 2. The average Bonchev–Trinajstić information content (AvgIpc) is 2.87. The van der Waals surface area contributed by atoms with E-state index in [9.17, 15) is 39.9 Å². The van der Waals surface area contributed by atoms with E-state index in [4.69, 9.17) is 23.4 Å². The summed E-state index contributed by atoms with van der Waals surface area (Å²) in [4.78, 5) is 36.2. The Morgan fingerprint density at radius 1 is 0.974 bits per heavy atom. The number of aliphatic hydroxyl groups excluding tert-OH is 2. The van der Waals surface area contributed by atoms with Gasteiger partial charge in [-0.15, -0.1) is 0 Å². The molecule has 1 aliphatic rings. The van der Waals surface area contributed by atoms with Crippen LogP contribution in [0.1, 0.15) is 25.5 Å². The maximum atomic E-state index is 13.1. The van der Waals surface area contributed by atoms with Crippen molar-refractivity contribution in [3.8, 4) is 34.3 Å². The zero-order valence-electron chi connectivity index (χ0n) is 21.0. The number of carbonyl (C=O) groups is 2. The number of carbonyl (C=O) groups excluding carboxylic acids is 2. The molecule has 2 aromatic carbocycles. The van der Waals surface area contributed by atoms with Crippen molar-refractivity contribution < 1.29 is 58.5 Å². The molecule has 39 heavy (non-hydrogen) atoms. The van der Waals surface area contributed by atoms with Gasteiger partial charge in [0.15, 0.2) is 23.0 Å². The third kappa shape index (κ3) is 5.32. The normalized spacial score (nSPS) is 22.8. The van der Waals surface area contributed by atoms with Crippen LogP contribution in [0, 0.1) is 0 Å². The van der Waals surface area contributed by atoms with Crippen LogP contribution in [0.25, 0.3) is 22.3 Å². The Hall–Kier alpha value is -4.33. The highest BCUT2D eigenvalue weighted by Gasteiger charge is 2.49. The number of hydrogen-bond donors (Lipinski definition) is 5. The second-order valence-corrected chi connectivity index (χ2v) is 8.85. The number of rotatable bonds is 6. The van der Waals surface area contributed by atoms with Crippen LogP contribution in [0.4, 0.5) is 0 Å². The van der Waals surface area contributed by atoms with Gasteiger partial charge in [-0.05, 0) is 18.2 Å².